The van der Waals surface area contributed by atoms with Crippen molar-refractivity contribution in [2.24, 2.45) is 0 Å². The number of phenolic OH excluding ortho intramolecular Hbond substituents is 1. The largest absolute Gasteiger partial charge is 0.504 e. The third-order valence-electron chi connectivity index (χ3n) is 2.20. The molecule has 1 amide bonds. The molecule has 0 saturated carbocycles. The fraction of sp³-hybridized carbons (Fsp3) is 0.364. The SMILES string of the molecule is COc1cc(CN(C)C(C)=O)ccc1O. The average Bonchev–Trinajstić information content (AvgIpc) is 2.20. The van der Waals surface area contributed by atoms with Gasteiger partial charge in [-0.25, -0.2) is 0 Å². The van der Waals surface area contributed by atoms with E-state index < -0.39 is 0 Å². The summed E-state index contributed by atoms with van der Waals surface area (Å²) in [5.74, 6) is 0.526. The minimum Gasteiger partial charge on any atom is -0.504 e. The van der Waals surface area contributed by atoms with E-state index in [0.29, 0.717) is 12.3 Å². The number of carbonyl (C=O) groups is 1. The van der Waals surface area contributed by atoms with Gasteiger partial charge in [-0.15, -0.1) is 0 Å². The Morgan fingerprint density at radius 2 is 2.20 bits per heavy atom. The zero-order valence-electron chi connectivity index (χ0n) is 9.15. The fourth-order valence-corrected chi connectivity index (χ4v) is 1.21. The lowest BCUT2D eigenvalue weighted by Crippen LogP contribution is -2.22. The molecule has 0 aliphatic carbocycles. The van der Waals surface area contributed by atoms with Crippen molar-refractivity contribution in [3.63, 3.8) is 0 Å². The van der Waals surface area contributed by atoms with Gasteiger partial charge in [-0.3, -0.25) is 4.79 Å². The summed E-state index contributed by atoms with van der Waals surface area (Å²) >= 11 is 0. The standard InChI is InChI=1S/C11H15NO3/c1-8(13)12(2)7-9-4-5-10(14)11(6-9)15-3/h4-6,14H,7H2,1-3H3. The van der Waals surface area contributed by atoms with Gasteiger partial charge in [0.25, 0.3) is 0 Å². The molecule has 0 fully saturated rings. The van der Waals surface area contributed by atoms with Crippen LogP contribution in [0.25, 0.3) is 0 Å². The highest BCUT2D eigenvalue weighted by molar-refractivity contribution is 5.72. The number of amides is 1. The highest BCUT2D eigenvalue weighted by Gasteiger charge is 2.06. The zero-order valence-corrected chi connectivity index (χ0v) is 9.15. The number of hydrogen-bond donors (Lipinski definition) is 1. The normalized spacial score (nSPS) is 9.80. The van der Waals surface area contributed by atoms with E-state index in [4.69, 9.17) is 4.74 Å². The van der Waals surface area contributed by atoms with Crippen molar-refractivity contribution < 1.29 is 14.6 Å². The molecule has 1 aromatic carbocycles. The Morgan fingerprint density at radius 1 is 1.53 bits per heavy atom. The Kier molecular flexibility index (Phi) is 3.55. The predicted molar refractivity (Wildman–Crippen MR) is 56.8 cm³/mol. The summed E-state index contributed by atoms with van der Waals surface area (Å²) in [4.78, 5) is 12.6. The lowest BCUT2D eigenvalue weighted by atomic mass is 10.2. The molecule has 0 bridgehead atoms. The number of hydrogen-bond acceptors (Lipinski definition) is 3. The molecule has 4 heteroatoms. The monoisotopic (exact) mass is 209 g/mol. The first-order valence-corrected chi connectivity index (χ1v) is 4.62. The zero-order chi connectivity index (χ0) is 11.4. The number of nitrogens with zero attached hydrogens (tertiary/aromatic N) is 1. The molecule has 1 rings (SSSR count). The molecule has 4 nitrogen and oxygen atoms in total. The molecule has 0 atom stereocenters. The Morgan fingerprint density at radius 3 is 2.73 bits per heavy atom. The molecular weight excluding hydrogens is 194 g/mol. The summed E-state index contributed by atoms with van der Waals surface area (Å²) in [6.07, 6.45) is 0. The maximum absolute atomic E-state index is 11.0. The number of carbonyl (C=O) groups excluding carboxylic acids is 1. The van der Waals surface area contributed by atoms with Gasteiger partial charge in [0.2, 0.25) is 5.91 Å². The molecule has 0 aliphatic rings. The summed E-state index contributed by atoms with van der Waals surface area (Å²) in [6.45, 7) is 2.02. The Hall–Kier alpha value is -1.71. The highest BCUT2D eigenvalue weighted by atomic mass is 16.5. The van der Waals surface area contributed by atoms with E-state index in [0.717, 1.165) is 5.56 Å². The lowest BCUT2D eigenvalue weighted by Gasteiger charge is -2.15. The van der Waals surface area contributed by atoms with Crippen LogP contribution in [0.3, 0.4) is 0 Å². The van der Waals surface area contributed by atoms with Crippen molar-refractivity contribution >= 4 is 5.91 Å². The van der Waals surface area contributed by atoms with E-state index in [1.165, 1.54) is 14.0 Å². The molecule has 1 aromatic rings. The van der Waals surface area contributed by atoms with Crippen LogP contribution < -0.4 is 4.74 Å². The van der Waals surface area contributed by atoms with Crippen LogP contribution in [0.4, 0.5) is 0 Å². The van der Waals surface area contributed by atoms with E-state index in [1.54, 1.807) is 30.1 Å². The van der Waals surface area contributed by atoms with E-state index in [-0.39, 0.29) is 11.7 Å². The molecule has 0 radical (unpaired) electrons. The van der Waals surface area contributed by atoms with Crippen LogP contribution in [-0.4, -0.2) is 30.1 Å². The fourth-order valence-electron chi connectivity index (χ4n) is 1.21. The first kappa shape index (κ1) is 11.4. The molecule has 0 unspecified atom stereocenters. The summed E-state index contributed by atoms with van der Waals surface area (Å²) in [6, 6.07) is 5.04. The second-order valence-electron chi connectivity index (χ2n) is 3.38. The van der Waals surface area contributed by atoms with E-state index in [2.05, 4.69) is 0 Å². The van der Waals surface area contributed by atoms with Crippen molar-refractivity contribution in [2.45, 2.75) is 13.5 Å². The van der Waals surface area contributed by atoms with Crippen molar-refractivity contribution in [1.82, 2.24) is 4.90 Å². The minimum absolute atomic E-state index is 0.00189. The molecule has 82 valence electrons. The first-order valence-electron chi connectivity index (χ1n) is 4.62. The topological polar surface area (TPSA) is 49.8 Å². The highest BCUT2D eigenvalue weighted by Crippen LogP contribution is 2.26. The maximum Gasteiger partial charge on any atom is 0.219 e. The Bertz CT molecular complexity index is 363. The van der Waals surface area contributed by atoms with Crippen LogP contribution >= 0.6 is 0 Å². The molecule has 15 heavy (non-hydrogen) atoms. The summed E-state index contributed by atoms with van der Waals surface area (Å²) < 4.78 is 4.97. The minimum atomic E-state index is 0.00189. The number of rotatable bonds is 3. The Labute approximate surface area is 89.1 Å². The number of aromatic hydroxyl groups is 1. The quantitative estimate of drug-likeness (QED) is 0.818. The van der Waals surface area contributed by atoms with Gasteiger partial charge in [0.15, 0.2) is 11.5 Å². The first-order chi connectivity index (χ1) is 7.04. The van der Waals surface area contributed by atoms with Gasteiger partial charge in [0.05, 0.1) is 7.11 Å². The van der Waals surface area contributed by atoms with Crippen LogP contribution in [0.5, 0.6) is 11.5 Å². The summed E-state index contributed by atoms with van der Waals surface area (Å²) in [5.41, 5.74) is 0.919. The van der Waals surface area contributed by atoms with Crippen molar-refractivity contribution in [3.05, 3.63) is 23.8 Å². The van der Waals surface area contributed by atoms with Crippen LogP contribution in [0, 0.1) is 0 Å². The predicted octanol–water partition coefficient (Wildman–Crippen LogP) is 1.38. The van der Waals surface area contributed by atoms with Crippen molar-refractivity contribution in [3.8, 4) is 11.5 Å². The van der Waals surface area contributed by atoms with Crippen LogP contribution in [0.1, 0.15) is 12.5 Å². The van der Waals surface area contributed by atoms with Gasteiger partial charge >= 0.3 is 0 Å². The van der Waals surface area contributed by atoms with Crippen molar-refractivity contribution in [2.75, 3.05) is 14.2 Å². The second kappa shape index (κ2) is 4.68. The van der Waals surface area contributed by atoms with Crippen LogP contribution in [0.2, 0.25) is 0 Å². The van der Waals surface area contributed by atoms with Gasteiger partial charge in [-0.05, 0) is 17.7 Å². The molecule has 0 heterocycles. The van der Waals surface area contributed by atoms with Crippen molar-refractivity contribution in [1.29, 1.82) is 0 Å². The Balaban J connectivity index is 2.83. The number of benzene rings is 1. The number of methoxy groups -OCH3 is 1. The van der Waals surface area contributed by atoms with Gasteiger partial charge in [0.1, 0.15) is 0 Å². The average molecular weight is 209 g/mol. The lowest BCUT2D eigenvalue weighted by molar-refractivity contribution is -0.128. The molecule has 0 spiro atoms. The van der Waals surface area contributed by atoms with Gasteiger partial charge in [-0.1, -0.05) is 6.07 Å². The van der Waals surface area contributed by atoms with E-state index >= 15 is 0 Å². The van der Waals surface area contributed by atoms with Crippen LogP contribution in [-0.2, 0) is 11.3 Å². The van der Waals surface area contributed by atoms with Gasteiger partial charge in [0, 0.05) is 20.5 Å². The van der Waals surface area contributed by atoms with Crippen LogP contribution in [0.15, 0.2) is 18.2 Å². The van der Waals surface area contributed by atoms with Gasteiger partial charge < -0.3 is 14.7 Å². The molecule has 0 saturated heterocycles. The number of phenols is 1. The molecule has 1 N–H and O–H groups in total. The molecule has 0 aliphatic heterocycles. The van der Waals surface area contributed by atoms with E-state index in [9.17, 15) is 9.90 Å². The van der Waals surface area contributed by atoms with Gasteiger partial charge in [-0.2, -0.15) is 0 Å². The third kappa shape index (κ3) is 2.87. The maximum atomic E-state index is 11.0. The summed E-state index contributed by atoms with van der Waals surface area (Å²) in [5, 5.41) is 9.37. The molecule has 0 aromatic heterocycles. The summed E-state index contributed by atoms with van der Waals surface area (Å²) in [7, 11) is 3.22. The van der Waals surface area contributed by atoms with E-state index in [1.807, 2.05) is 0 Å². The number of ether oxygens (including phenoxy) is 1. The second-order valence-corrected chi connectivity index (χ2v) is 3.38. The molecular formula is C11H15NO3. The smallest absolute Gasteiger partial charge is 0.219 e. The third-order valence-corrected chi connectivity index (χ3v) is 2.20.